The number of nitrogens with zero attached hydrogens (tertiary/aromatic N) is 6. The average Bonchev–Trinajstić information content (AvgIpc) is 3.32. The van der Waals surface area contributed by atoms with Crippen LogP contribution in [0.2, 0.25) is 0 Å². The van der Waals surface area contributed by atoms with Gasteiger partial charge in [0.1, 0.15) is 0 Å². The lowest BCUT2D eigenvalue weighted by Crippen LogP contribution is -2.20. The van der Waals surface area contributed by atoms with Gasteiger partial charge in [0.15, 0.2) is 11.0 Å². The van der Waals surface area contributed by atoms with Crippen LogP contribution >= 0.6 is 11.8 Å². The maximum Gasteiger partial charge on any atom is 0.270 e. The summed E-state index contributed by atoms with van der Waals surface area (Å²) in [7, 11) is 0. The van der Waals surface area contributed by atoms with E-state index in [4.69, 9.17) is 0 Å². The molecule has 0 saturated carbocycles. The van der Waals surface area contributed by atoms with Crippen molar-refractivity contribution in [1.82, 2.24) is 20.2 Å². The van der Waals surface area contributed by atoms with E-state index in [1.165, 1.54) is 36.5 Å². The molecule has 0 aliphatic carbocycles. The molecule has 0 aliphatic heterocycles. The molecule has 1 heterocycles. The van der Waals surface area contributed by atoms with Crippen LogP contribution in [0.3, 0.4) is 0 Å². The third kappa shape index (κ3) is 5.77. The van der Waals surface area contributed by atoms with Gasteiger partial charge in [0, 0.05) is 41.1 Å². The first-order valence-corrected chi connectivity index (χ1v) is 11.4. The molecule has 0 saturated heterocycles. The zero-order chi connectivity index (χ0) is 25.5. The third-order valence-electron chi connectivity index (χ3n) is 4.78. The van der Waals surface area contributed by atoms with Gasteiger partial charge >= 0.3 is 0 Å². The van der Waals surface area contributed by atoms with E-state index < -0.39 is 15.8 Å². The van der Waals surface area contributed by atoms with Crippen molar-refractivity contribution in [3.8, 4) is 17.1 Å². The van der Waals surface area contributed by atoms with Crippen LogP contribution < -0.4 is 5.43 Å². The smallest absolute Gasteiger partial charge is 0.270 e. The monoisotopic (exact) mass is 503 g/mol. The normalized spacial score (nSPS) is 10.9. The lowest BCUT2D eigenvalue weighted by Gasteiger charge is -2.10. The highest BCUT2D eigenvalue weighted by atomic mass is 32.2. The van der Waals surface area contributed by atoms with Gasteiger partial charge in [-0.3, -0.25) is 29.6 Å². The molecule has 4 rings (SSSR count). The molecule has 12 nitrogen and oxygen atoms in total. The molecule has 4 aromatic rings. The van der Waals surface area contributed by atoms with Gasteiger partial charge in [-0.1, -0.05) is 54.2 Å². The van der Waals surface area contributed by atoms with Crippen molar-refractivity contribution < 1.29 is 14.6 Å². The molecule has 0 fully saturated rings. The fraction of sp³-hybridized carbons (Fsp3) is 0.0435. The largest absolute Gasteiger partial charge is 0.272 e. The predicted octanol–water partition coefficient (Wildman–Crippen LogP) is 3.99. The molecule has 0 bridgehead atoms. The molecule has 3 aromatic carbocycles. The van der Waals surface area contributed by atoms with Crippen LogP contribution in [0.1, 0.15) is 5.56 Å². The molecular weight excluding hydrogens is 486 g/mol. The Morgan fingerprint density at radius 3 is 2.36 bits per heavy atom. The Balaban J connectivity index is 1.51. The molecule has 180 valence electrons. The van der Waals surface area contributed by atoms with Gasteiger partial charge in [0.2, 0.25) is 0 Å². The molecule has 13 heteroatoms. The van der Waals surface area contributed by atoms with Gasteiger partial charge in [-0.15, -0.1) is 10.2 Å². The number of carbonyl (C=O) groups excluding carboxylic acids is 1. The van der Waals surface area contributed by atoms with Crippen molar-refractivity contribution in [2.75, 3.05) is 5.75 Å². The molecule has 0 radical (unpaired) electrons. The first-order chi connectivity index (χ1) is 17.4. The maximum absolute atomic E-state index is 12.3. The molecule has 1 amide bonds. The minimum absolute atomic E-state index is 0.0494. The van der Waals surface area contributed by atoms with E-state index in [-0.39, 0.29) is 17.1 Å². The lowest BCUT2D eigenvalue weighted by atomic mass is 10.2. The van der Waals surface area contributed by atoms with Gasteiger partial charge in [0.05, 0.1) is 21.8 Å². The molecular formula is C23H17N7O5S. The number of benzene rings is 3. The topological polar surface area (TPSA) is 158 Å². The molecule has 1 N–H and O–H groups in total. The van der Waals surface area contributed by atoms with Gasteiger partial charge < -0.3 is 0 Å². The summed E-state index contributed by atoms with van der Waals surface area (Å²) in [6.07, 6.45) is 1.31. The lowest BCUT2D eigenvalue weighted by molar-refractivity contribution is -0.385. The molecule has 0 aliphatic rings. The number of non-ortho nitro benzene ring substituents is 2. The fourth-order valence-corrected chi connectivity index (χ4v) is 3.92. The molecule has 0 atom stereocenters. The van der Waals surface area contributed by atoms with Crippen LogP contribution in [-0.4, -0.2) is 42.5 Å². The number of nitro groups is 2. The Kier molecular flexibility index (Phi) is 7.41. The first kappa shape index (κ1) is 24.2. The zero-order valence-electron chi connectivity index (χ0n) is 18.4. The van der Waals surface area contributed by atoms with E-state index in [1.807, 2.05) is 30.3 Å². The van der Waals surface area contributed by atoms with Crippen molar-refractivity contribution in [3.63, 3.8) is 0 Å². The average molecular weight is 504 g/mol. The number of aromatic nitrogens is 3. The summed E-state index contributed by atoms with van der Waals surface area (Å²) in [6.45, 7) is 0. The highest BCUT2D eigenvalue weighted by Gasteiger charge is 2.19. The Morgan fingerprint density at radius 1 is 0.944 bits per heavy atom. The molecule has 0 spiro atoms. The number of nitrogens with one attached hydrogen (secondary N) is 1. The van der Waals surface area contributed by atoms with Crippen LogP contribution in [0.15, 0.2) is 89.1 Å². The summed E-state index contributed by atoms with van der Waals surface area (Å²) in [6, 6.07) is 21.1. The summed E-state index contributed by atoms with van der Waals surface area (Å²) < 4.78 is 1.71. The minimum Gasteiger partial charge on any atom is -0.272 e. The second-order valence-electron chi connectivity index (χ2n) is 7.22. The third-order valence-corrected chi connectivity index (χ3v) is 5.71. The Morgan fingerprint density at radius 2 is 1.64 bits per heavy atom. The summed E-state index contributed by atoms with van der Waals surface area (Å²) in [5.74, 6) is -0.0932. The maximum atomic E-state index is 12.3. The Labute approximate surface area is 208 Å². The minimum atomic E-state index is -0.517. The van der Waals surface area contributed by atoms with Crippen LogP contribution in [0.4, 0.5) is 11.4 Å². The standard InChI is InChI=1S/C23H17N7O5S/c31-21(25-24-14-16-6-4-10-19(12-16)29(32)33)15-36-23-27-26-22(28(23)18-8-2-1-3-9-18)17-7-5-11-20(13-17)30(34)35/h1-14H,15H2,(H,25,31)/b24-14-. The van der Waals surface area contributed by atoms with E-state index in [9.17, 15) is 25.0 Å². The number of nitro benzene ring substituents is 2. The number of hydrogen-bond donors (Lipinski definition) is 1. The van der Waals surface area contributed by atoms with E-state index >= 15 is 0 Å². The van der Waals surface area contributed by atoms with Crippen molar-refractivity contribution in [2.24, 2.45) is 5.10 Å². The number of rotatable bonds is 9. The quantitative estimate of drug-likeness (QED) is 0.155. The number of para-hydroxylation sites is 1. The summed E-state index contributed by atoms with van der Waals surface area (Å²) in [5, 5.41) is 34.7. The second kappa shape index (κ2) is 11.0. The highest BCUT2D eigenvalue weighted by Crippen LogP contribution is 2.29. The predicted molar refractivity (Wildman–Crippen MR) is 133 cm³/mol. The van der Waals surface area contributed by atoms with Gasteiger partial charge in [-0.05, 0) is 12.1 Å². The number of hydrogen-bond acceptors (Lipinski definition) is 9. The van der Waals surface area contributed by atoms with Crippen LogP contribution in [-0.2, 0) is 4.79 Å². The summed E-state index contributed by atoms with van der Waals surface area (Å²) >= 11 is 1.11. The molecule has 1 aromatic heterocycles. The first-order valence-electron chi connectivity index (χ1n) is 10.4. The van der Waals surface area contributed by atoms with Crippen LogP contribution in [0, 0.1) is 20.2 Å². The van der Waals surface area contributed by atoms with Crippen molar-refractivity contribution in [1.29, 1.82) is 0 Å². The van der Waals surface area contributed by atoms with Crippen molar-refractivity contribution in [3.05, 3.63) is 105 Å². The van der Waals surface area contributed by atoms with E-state index in [0.717, 1.165) is 17.4 Å². The van der Waals surface area contributed by atoms with E-state index in [1.54, 1.807) is 22.8 Å². The number of carbonyl (C=O) groups is 1. The number of hydrazone groups is 1. The van der Waals surface area contributed by atoms with Crippen molar-refractivity contribution >= 4 is 35.3 Å². The SMILES string of the molecule is O=C(CSc1nnc(-c2cccc([N+](=O)[O-])c2)n1-c1ccccc1)N/N=C\c1cccc([N+](=O)[O-])c1. The second-order valence-corrected chi connectivity index (χ2v) is 8.16. The van der Waals surface area contributed by atoms with Crippen molar-refractivity contribution in [2.45, 2.75) is 5.16 Å². The summed E-state index contributed by atoms with van der Waals surface area (Å²) in [4.78, 5) is 33.4. The summed E-state index contributed by atoms with van der Waals surface area (Å²) in [5.41, 5.74) is 3.89. The Bertz CT molecular complexity index is 1460. The zero-order valence-corrected chi connectivity index (χ0v) is 19.2. The van der Waals surface area contributed by atoms with E-state index in [0.29, 0.717) is 22.1 Å². The van der Waals surface area contributed by atoms with Gasteiger partial charge in [-0.25, -0.2) is 5.43 Å². The van der Waals surface area contributed by atoms with Gasteiger partial charge in [0.25, 0.3) is 17.3 Å². The highest BCUT2D eigenvalue weighted by molar-refractivity contribution is 7.99. The van der Waals surface area contributed by atoms with Crippen LogP contribution in [0.5, 0.6) is 0 Å². The van der Waals surface area contributed by atoms with E-state index in [2.05, 4.69) is 20.7 Å². The van der Waals surface area contributed by atoms with Crippen LogP contribution in [0.25, 0.3) is 17.1 Å². The fourth-order valence-electron chi connectivity index (χ4n) is 3.18. The molecule has 0 unspecified atom stereocenters. The van der Waals surface area contributed by atoms with Gasteiger partial charge in [-0.2, -0.15) is 5.10 Å². The molecule has 36 heavy (non-hydrogen) atoms. The number of amides is 1. The Hall–Kier alpha value is -4.91. The number of thioether (sulfide) groups is 1.